The molecule has 16 heavy (non-hydrogen) atoms. The predicted octanol–water partition coefficient (Wildman–Crippen LogP) is 2.33. The van der Waals surface area contributed by atoms with Gasteiger partial charge in [-0.05, 0) is 37.3 Å². The van der Waals surface area contributed by atoms with E-state index < -0.39 is 0 Å². The van der Waals surface area contributed by atoms with Crippen molar-refractivity contribution in [2.45, 2.75) is 38.3 Å². The molecule has 2 nitrogen and oxygen atoms in total. The Morgan fingerprint density at radius 1 is 1.19 bits per heavy atom. The molecule has 2 heteroatoms. The first-order valence-corrected chi connectivity index (χ1v) is 6.27. The SMILES string of the molecule is O[C@@H]1CCC[C@H](CNCc2ccccc2)C1. The highest BCUT2D eigenvalue weighted by Crippen LogP contribution is 2.23. The Kier molecular flexibility index (Phi) is 4.37. The first kappa shape index (κ1) is 11.6. The van der Waals surface area contributed by atoms with Gasteiger partial charge in [0.1, 0.15) is 0 Å². The lowest BCUT2D eigenvalue weighted by Crippen LogP contribution is -2.28. The van der Waals surface area contributed by atoms with Crippen LogP contribution < -0.4 is 5.32 Å². The van der Waals surface area contributed by atoms with Gasteiger partial charge in [0.15, 0.2) is 0 Å². The molecule has 2 atom stereocenters. The Labute approximate surface area is 97.7 Å². The molecule has 0 saturated heterocycles. The first-order valence-electron chi connectivity index (χ1n) is 6.27. The van der Waals surface area contributed by atoms with Gasteiger partial charge >= 0.3 is 0 Å². The maximum Gasteiger partial charge on any atom is 0.0543 e. The molecule has 1 aromatic rings. The number of benzene rings is 1. The highest BCUT2D eigenvalue weighted by Gasteiger charge is 2.19. The van der Waals surface area contributed by atoms with Gasteiger partial charge in [-0.2, -0.15) is 0 Å². The Bertz CT molecular complexity index is 299. The summed E-state index contributed by atoms with van der Waals surface area (Å²) in [7, 11) is 0. The van der Waals surface area contributed by atoms with E-state index in [0.29, 0.717) is 5.92 Å². The molecule has 0 heterocycles. The van der Waals surface area contributed by atoms with Gasteiger partial charge in [-0.25, -0.2) is 0 Å². The van der Waals surface area contributed by atoms with Gasteiger partial charge in [0, 0.05) is 6.54 Å². The van der Waals surface area contributed by atoms with Crippen molar-refractivity contribution in [3.8, 4) is 0 Å². The number of hydrogen-bond acceptors (Lipinski definition) is 2. The molecule has 2 N–H and O–H groups in total. The van der Waals surface area contributed by atoms with Crippen LogP contribution in [0.15, 0.2) is 30.3 Å². The largest absolute Gasteiger partial charge is 0.393 e. The monoisotopic (exact) mass is 219 g/mol. The molecule has 1 fully saturated rings. The van der Waals surface area contributed by atoms with E-state index in [9.17, 15) is 5.11 Å². The molecule has 0 aliphatic heterocycles. The fraction of sp³-hybridized carbons (Fsp3) is 0.571. The van der Waals surface area contributed by atoms with Crippen molar-refractivity contribution in [1.29, 1.82) is 0 Å². The zero-order chi connectivity index (χ0) is 11.2. The quantitative estimate of drug-likeness (QED) is 0.814. The maximum absolute atomic E-state index is 9.57. The van der Waals surface area contributed by atoms with Gasteiger partial charge in [-0.15, -0.1) is 0 Å². The van der Waals surface area contributed by atoms with E-state index in [2.05, 4.69) is 29.6 Å². The minimum Gasteiger partial charge on any atom is -0.393 e. The van der Waals surface area contributed by atoms with Crippen molar-refractivity contribution in [2.24, 2.45) is 5.92 Å². The van der Waals surface area contributed by atoms with Gasteiger partial charge in [0.25, 0.3) is 0 Å². The van der Waals surface area contributed by atoms with Gasteiger partial charge in [-0.1, -0.05) is 36.8 Å². The topological polar surface area (TPSA) is 32.3 Å². The van der Waals surface area contributed by atoms with E-state index in [1.54, 1.807) is 0 Å². The standard InChI is InChI=1S/C14H21NO/c16-14-8-4-7-13(9-14)11-15-10-12-5-2-1-3-6-12/h1-3,5-6,13-16H,4,7-11H2/t13-,14+/m0/s1. The lowest BCUT2D eigenvalue weighted by Gasteiger charge is -2.26. The van der Waals surface area contributed by atoms with E-state index in [4.69, 9.17) is 0 Å². The molecule has 2 rings (SSSR count). The highest BCUT2D eigenvalue weighted by molar-refractivity contribution is 5.14. The fourth-order valence-electron chi connectivity index (χ4n) is 2.46. The number of hydrogen-bond donors (Lipinski definition) is 2. The summed E-state index contributed by atoms with van der Waals surface area (Å²) in [4.78, 5) is 0. The summed E-state index contributed by atoms with van der Waals surface area (Å²) in [5.41, 5.74) is 1.33. The predicted molar refractivity (Wildman–Crippen MR) is 66.1 cm³/mol. The second kappa shape index (κ2) is 6.02. The van der Waals surface area contributed by atoms with E-state index in [-0.39, 0.29) is 6.10 Å². The smallest absolute Gasteiger partial charge is 0.0543 e. The maximum atomic E-state index is 9.57. The van der Waals surface area contributed by atoms with Crippen LogP contribution in [0.1, 0.15) is 31.2 Å². The summed E-state index contributed by atoms with van der Waals surface area (Å²) in [6, 6.07) is 10.5. The summed E-state index contributed by atoms with van der Waals surface area (Å²) < 4.78 is 0. The molecule has 0 aromatic heterocycles. The van der Waals surface area contributed by atoms with Crippen LogP contribution in [0.5, 0.6) is 0 Å². The first-order chi connectivity index (χ1) is 7.84. The molecular formula is C14H21NO. The van der Waals surface area contributed by atoms with Crippen LogP contribution in [-0.4, -0.2) is 17.8 Å². The lowest BCUT2D eigenvalue weighted by atomic mass is 9.87. The second-order valence-corrected chi connectivity index (χ2v) is 4.80. The molecule has 1 aliphatic rings. The van der Waals surface area contributed by atoms with Gasteiger partial charge in [0.2, 0.25) is 0 Å². The Balaban J connectivity index is 1.68. The molecule has 0 spiro atoms. The van der Waals surface area contributed by atoms with Crippen LogP contribution in [-0.2, 0) is 6.54 Å². The van der Waals surface area contributed by atoms with Crippen LogP contribution >= 0.6 is 0 Å². The van der Waals surface area contributed by atoms with Gasteiger partial charge in [-0.3, -0.25) is 0 Å². The van der Waals surface area contributed by atoms with Crippen LogP contribution in [0.2, 0.25) is 0 Å². The van der Waals surface area contributed by atoms with Crippen LogP contribution in [0.25, 0.3) is 0 Å². The summed E-state index contributed by atoms with van der Waals surface area (Å²) in [6.07, 6.45) is 4.35. The molecule has 88 valence electrons. The molecule has 1 aromatic carbocycles. The van der Waals surface area contributed by atoms with Crippen molar-refractivity contribution in [1.82, 2.24) is 5.32 Å². The van der Waals surface area contributed by atoms with Crippen molar-refractivity contribution >= 4 is 0 Å². The fourth-order valence-corrected chi connectivity index (χ4v) is 2.46. The third-order valence-corrected chi connectivity index (χ3v) is 3.36. The van der Waals surface area contributed by atoms with E-state index in [1.807, 2.05) is 6.07 Å². The zero-order valence-corrected chi connectivity index (χ0v) is 9.73. The highest BCUT2D eigenvalue weighted by atomic mass is 16.3. The summed E-state index contributed by atoms with van der Waals surface area (Å²) >= 11 is 0. The number of nitrogens with one attached hydrogen (secondary N) is 1. The number of aliphatic hydroxyl groups excluding tert-OH is 1. The third-order valence-electron chi connectivity index (χ3n) is 3.36. The number of aliphatic hydroxyl groups is 1. The summed E-state index contributed by atoms with van der Waals surface area (Å²) in [5, 5.41) is 13.0. The minimum absolute atomic E-state index is 0.0581. The molecule has 0 bridgehead atoms. The Morgan fingerprint density at radius 2 is 2.00 bits per heavy atom. The zero-order valence-electron chi connectivity index (χ0n) is 9.73. The number of rotatable bonds is 4. The molecular weight excluding hydrogens is 198 g/mol. The second-order valence-electron chi connectivity index (χ2n) is 4.80. The Hall–Kier alpha value is -0.860. The van der Waals surface area contributed by atoms with Crippen molar-refractivity contribution in [3.63, 3.8) is 0 Å². The molecule has 0 radical (unpaired) electrons. The van der Waals surface area contributed by atoms with Crippen molar-refractivity contribution in [3.05, 3.63) is 35.9 Å². The van der Waals surface area contributed by atoms with Crippen LogP contribution in [0.4, 0.5) is 0 Å². The summed E-state index contributed by atoms with van der Waals surface area (Å²) in [5.74, 6) is 0.660. The van der Waals surface area contributed by atoms with Gasteiger partial charge < -0.3 is 10.4 Å². The van der Waals surface area contributed by atoms with E-state index in [1.165, 1.54) is 18.4 Å². The third kappa shape index (κ3) is 3.62. The molecule has 0 amide bonds. The van der Waals surface area contributed by atoms with Gasteiger partial charge in [0.05, 0.1) is 6.10 Å². The minimum atomic E-state index is -0.0581. The van der Waals surface area contributed by atoms with E-state index in [0.717, 1.165) is 25.9 Å². The summed E-state index contributed by atoms with van der Waals surface area (Å²) in [6.45, 7) is 1.97. The molecule has 0 unspecified atom stereocenters. The van der Waals surface area contributed by atoms with Crippen molar-refractivity contribution in [2.75, 3.05) is 6.54 Å². The van der Waals surface area contributed by atoms with Crippen molar-refractivity contribution < 1.29 is 5.11 Å². The molecule has 1 saturated carbocycles. The van der Waals surface area contributed by atoms with E-state index >= 15 is 0 Å². The lowest BCUT2D eigenvalue weighted by molar-refractivity contribution is 0.101. The average molecular weight is 219 g/mol. The Morgan fingerprint density at radius 3 is 2.75 bits per heavy atom. The molecule has 1 aliphatic carbocycles. The van der Waals surface area contributed by atoms with Crippen LogP contribution in [0, 0.1) is 5.92 Å². The van der Waals surface area contributed by atoms with Crippen LogP contribution in [0.3, 0.4) is 0 Å². The normalized spacial score (nSPS) is 25.6. The average Bonchev–Trinajstić information content (AvgIpc) is 2.30.